The van der Waals surface area contributed by atoms with Crippen molar-refractivity contribution in [2.45, 2.75) is 12.7 Å². The van der Waals surface area contributed by atoms with Crippen LogP contribution in [0.2, 0.25) is 10.0 Å². The molecule has 112 valence electrons. The molecule has 0 radical (unpaired) electrons. The smallest absolute Gasteiger partial charge is 0.380 e. The summed E-state index contributed by atoms with van der Waals surface area (Å²) in [5, 5.41) is 3.70. The highest BCUT2D eigenvalue weighted by molar-refractivity contribution is 9.10. The van der Waals surface area contributed by atoms with Gasteiger partial charge in [-0.25, -0.2) is 0 Å². The topological polar surface area (TPSA) is 12.0 Å². The Hall–Kier alpha value is -0.910. The highest BCUT2D eigenvalue weighted by Gasteiger charge is 2.30. The minimum atomic E-state index is -4.40. The van der Waals surface area contributed by atoms with Crippen molar-refractivity contribution in [3.63, 3.8) is 0 Å². The number of alkyl halides is 3. The van der Waals surface area contributed by atoms with E-state index < -0.39 is 11.7 Å². The zero-order valence-corrected chi connectivity index (χ0v) is 13.5. The Labute approximate surface area is 138 Å². The molecule has 21 heavy (non-hydrogen) atoms. The number of hydrogen-bond acceptors (Lipinski definition) is 1. The first kappa shape index (κ1) is 16.5. The molecule has 1 N–H and O–H groups in total. The lowest BCUT2D eigenvalue weighted by molar-refractivity contribution is -0.137. The van der Waals surface area contributed by atoms with E-state index in [1.807, 2.05) is 0 Å². The quantitative estimate of drug-likeness (QED) is 0.631. The summed E-state index contributed by atoms with van der Waals surface area (Å²) in [5.74, 6) is 0. The van der Waals surface area contributed by atoms with E-state index in [9.17, 15) is 13.2 Å². The summed E-state index contributed by atoms with van der Waals surface area (Å²) in [7, 11) is 0. The molecule has 0 heterocycles. The van der Waals surface area contributed by atoms with E-state index in [0.717, 1.165) is 22.2 Å². The van der Waals surface area contributed by atoms with Gasteiger partial charge in [0.25, 0.3) is 0 Å². The molecular formula is C14H9BrCl2F3N. The second-order valence-corrected chi connectivity index (χ2v) is 5.98. The lowest BCUT2D eigenvalue weighted by atomic mass is 10.1. The molecule has 0 aromatic heterocycles. The van der Waals surface area contributed by atoms with E-state index >= 15 is 0 Å². The van der Waals surface area contributed by atoms with Crippen molar-refractivity contribution in [3.8, 4) is 0 Å². The van der Waals surface area contributed by atoms with Crippen LogP contribution in [0.15, 0.2) is 40.9 Å². The fraction of sp³-hybridized carbons (Fsp3) is 0.143. The van der Waals surface area contributed by atoms with E-state index in [-0.39, 0.29) is 10.7 Å². The molecule has 2 aromatic carbocycles. The highest BCUT2D eigenvalue weighted by Crippen LogP contribution is 2.34. The molecule has 0 spiro atoms. The summed E-state index contributed by atoms with van der Waals surface area (Å²) in [4.78, 5) is 0. The molecular weight excluding hydrogens is 390 g/mol. The predicted molar refractivity (Wildman–Crippen MR) is 82.9 cm³/mol. The Morgan fingerprint density at radius 2 is 1.76 bits per heavy atom. The van der Waals surface area contributed by atoms with E-state index in [1.54, 1.807) is 18.2 Å². The Kier molecular flexibility index (Phi) is 5.07. The summed E-state index contributed by atoms with van der Waals surface area (Å²) in [5.41, 5.74) is 0.339. The third-order valence-corrected chi connectivity index (χ3v) is 4.08. The lowest BCUT2D eigenvalue weighted by Gasteiger charge is -2.13. The van der Waals surface area contributed by atoms with Gasteiger partial charge in [-0.2, -0.15) is 13.2 Å². The normalized spacial score (nSPS) is 11.5. The molecule has 0 unspecified atom stereocenters. The largest absolute Gasteiger partial charge is 0.416 e. The van der Waals surface area contributed by atoms with Gasteiger partial charge in [-0.15, -0.1) is 0 Å². The number of benzene rings is 2. The van der Waals surface area contributed by atoms with Gasteiger partial charge < -0.3 is 5.32 Å². The van der Waals surface area contributed by atoms with Crippen LogP contribution in [-0.2, 0) is 12.7 Å². The maximum absolute atomic E-state index is 12.7. The fourth-order valence-corrected chi connectivity index (χ4v) is 2.70. The van der Waals surface area contributed by atoms with Gasteiger partial charge in [0.15, 0.2) is 0 Å². The minimum absolute atomic E-state index is 0.230. The molecule has 0 atom stereocenters. The molecule has 0 aliphatic rings. The summed E-state index contributed by atoms with van der Waals surface area (Å²) in [6.07, 6.45) is -4.40. The summed E-state index contributed by atoms with van der Waals surface area (Å²) < 4.78 is 38.8. The van der Waals surface area contributed by atoms with E-state index in [1.165, 1.54) is 6.07 Å². The first-order valence-electron chi connectivity index (χ1n) is 5.82. The Bertz CT molecular complexity index is 659. The third kappa shape index (κ3) is 4.28. The van der Waals surface area contributed by atoms with Gasteiger partial charge in [0.05, 0.1) is 16.3 Å². The van der Waals surface area contributed by atoms with Crippen LogP contribution < -0.4 is 5.32 Å². The van der Waals surface area contributed by atoms with Gasteiger partial charge >= 0.3 is 6.18 Å². The molecule has 0 saturated carbocycles. The molecule has 7 heteroatoms. The van der Waals surface area contributed by atoms with Crippen LogP contribution in [0.3, 0.4) is 0 Å². The van der Waals surface area contributed by atoms with Gasteiger partial charge in [-0.3, -0.25) is 0 Å². The van der Waals surface area contributed by atoms with Gasteiger partial charge in [-0.05, 0) is 35.9 Å². The van der Waals surface area contributed by atoms with E-state index in [0.29, 0.717) is 11.6 Å². The van der Waals surface area contributed by atoms with Crippen LogP contribution in [0.25, 0.3) is 0 Å². The van der Waals surface area contributed by atoms with Crippen molar-refractivity contribution in [3.05, 3.63) is 62.0 Å². The summed E-state index contributed by atoms with van der Waals surface area (Å²) in [6.45, 7) is 0.318. The van der Waals surface area contributed by atoms with Gasteiger partial charge in [0, 0.05) is 16.0 Å². The third-order valence-electron chi connectivity index (χ3n) is 2.78. The van der Waals surface area contributed by atoms with Crippen molar-refractivity contribution in [1.29, 1.82) is 0 Å². The zero-order valence-electron chi connectivity index (χ0n) is 10.4. The molecule has 0 amide bonds. The van der Waals surface area contributed by atoms with Gasteiger partial charge in [-0.1, -0.05) is 45.2 Å². The van der Waals surface area contributed by atoms with Crippen molar-refractivity contribution < 1.29 is 13.2 Å². The van der Waals surface area contributed by atoms with Crippen LogP contribution in [0.5, 0.6) is 0 Å². The van der Waals surface area contributed by atoms with Crippen molar-refractivity contribution in [2.24, 2.45) is 0 Å². The summed E-state index contributed by atoms with van der Waals surface area (Å²) in [6, 6.07) is 8.37. The fourth-order valence-electron chi connectivity index (χ4n) is 1.69. The predicted octanol–water partition coefficient (Wildman–Crippen LogP) is 6.39. The molecule has 0 fully saturated rings. The SMILES string of the molecule is FC(F)(F)c1ccc(Cl)c(NCc2ccc(Cl)cc2Br)c1. The number of nitrogens with one attached hydrogen (secondary N) is 1. The van der Waals surface area contributed by atoms with Crippen LogP contribution in [0.1, 0.15) is 11.1 Å². The highest BCUT2D eigenvalue weighted by atomic mass is 79.9. The number of rotatable bonds is 3. The average molecular weight is 399 g/mol. The monoisotopic (exact) mass is 397 g/mol. The Morgan fingerprint density at radius 1 is 1.05 bits per heavy atom. The van der Waals surface area contributed by atoms with E-state index in [2.05, 4.69) is 21.2 Å². The zero-order chi connectivity index (χ0) is 15.6. The average Bonchev–Trinajstić information content (AvgIpc) is 2.38. The van der Waals surface area contributed by atoms with Gasteiger partial charge in [0.1, 0.15) is 0 Å². The molecule has 0 saturated heterocycles. The molecule has 2 rings (SSSR count). The molecule has 0 bridgehead atoms. The Balaban J connectivity index is 2.19. The number of halogens is 6. The minimum Gasteiger partial charge on any atom is -0.380 e. The number of hydrogen-bond donors (Lipinski definition) is 1. The first-order valence-corrected chi connectivity index (χ1v) is 7.37. The van der Waals surface area contributed by atoms with Crippen molar-refractivity contribution in [1.82, 2.24) is 0 Å². The van der Waals surface area contributed by atoms with Crippen molar-refractivity contribution >= 4 is 44.8 Å². The van der Waals surface area contributed by atoms with Crippen LogP contribution in [-0.4, -0.2) is 0 Å². The van der Waals surface area contributed by atoms with Crippen molar-refractivity contribution in [2.75, 3.05) is 5.32 Å². The summed E-state index contributed by atoms with van der Waals surface area (Å²) >= 11 is 15.1. The second-order valence-electron chi connectivity index (χ2n) is 4.28. The second kappa shape index (κ2) is 6.46. The standard InChI is InChI=1S/C14H9BrCl2F3N/c15-11-6-10(16)3-1-8(11)7-21-13-5-9(14(18,19)20)2-4-12(13)17/h1-6,21H,7H2. The molecule has 1 nitrogen and oxygen atoms in total. The number of anilines is 1. The molecule has 2 aromatic rings. The van der Waals surface area contributed by atoms with Crippen LogP contribution >= 0.6 is 39.1 Å². The maximum atomic E-state index is 12.7. The lowest BCUT2D eigenvalue weighted by Crippen LogP contribution is -2.07. The van der Waals surface area contributed by atoms with Gasteiger partial charge in [0.2, 0.25) is 0 Å². The Morgan fingerprint density at radius 3 is 2.38 bits per heavy atom. The molecule has 0 aliphatic heterocycles. The molecule has 0 aliphatic carbocycles. The first-order chi connectivity index (χ1) is 9.77. The van der Waals surface area contributed by atoms with E-state index in [4.69, 9.17) is 23.2 Å². The maximum Gasteiger partial charge on any atom is 0.416 e. The van der Waals surface area contributed by atoms with Crippen LogP contribution in [0, 0.1) is 0 Å². The van der Waals surface area contributed by atoms with Crippen LogP contribution in [0.4, 0.5) is 18.9 Å².